The second kappa shape index (κ2) is 7.61. The number of amides is 1. The average molecular weight is 382 g/mol. The summed E-state index contributed by atoms with van der Waals surface area (Å²) >= 11 is 0. The van der Waals surface area contributed by atoms with E-state index in [1.165, 1.54) is 0 Å². The lowest BCUT2D eigenvalue weighted by molar-refractivity contribution is -0.141. The summed E-state index contributed by atoms with van der Waals surface area (Å²) in [5.74, 6) is -1.96. The molecule has 1 aliphatic carbocycles. The number of rotatable bonds is 5. The lowest BCUT2D eigenvalue weighted by atomic mass is 9.95. The Bertz CT molecular complexity index is 1080. The van der Waals surface area contributed by atoms with Crippen LogP contribution < -0.4 is 5.32 Å². The smallest absolute Gasteiger partial charge is 0.326 e. The predicted molar refractivity (Wildman–Crippen MR) is 108 cm³/mol. The first kappa shape index (κ1) is 18.5. The van der Waals surface area contributed by atoms with E-state index in [-0.39, 0.29) is 12.3 Å². The monoisotopic (exact) mass is 382 g/mol. The van der Waals surface area contributed by atoms with Crippen molar-refractivity contribution >= 4 is 11.9 Å². The summed E-state index contributed by atoms with van der Waals surface area (Å²) in [6.07, 6.45) is 0.142. The van der Waals surface area contributed by atoms with Gasteiger partial charge in [0.25, 0.3) is 0 Å². The normalized spacial score (nSPS) is 13.1. The first-order chi connectivity index (χ1) is 14.1. The molecule has 0 saturated heterocycles. The standard InChI is InChI=1S/C24H18N2O3/c25-14-16-11-9-15(10-12-16)13-21(24(28)29)26-23(27)22-19-7-3-1-5-17(19)18-6-2-4-8-20(18)22/h1-12,21-22H,13H2,(H,26,27)(H,28,29)/t21-/m0/s1. The van der Waals surface area contributed by atoms with Crippen LogP contribution in [0.1, 0.15) is 28.2 Å². The number of carbonyl (C=O) groups excluding carboxylic acids is 1. The van der Waals surface area contributed by atoms with Crippen molar-refractivity contribution in [1.82, 2.24) is 5.32 Å². The summed E-state index contributed by atoms with van der Waals surface area (Å²) in [7, 11) is 0. The maximum atomic E-state index is 13.2. The number of aliphatic carboxylic acids is 1. The molecule has 0 saturated carbocycles. The van der Waals surface area contributed by atoms with E-state index in [1.54, 1.807) is 24.3 Å². The molecule has 0 bridgehead atoms. The van der Waals surface area contributed by atoms with E-state index in [2.05, 4.69) is 5.32 Å². The maximum Gasteiger partial charge on any atom is 0.326 e. The lowest BCUT2D eigenvalue weighted by Crippen LogP contribution is -2.44. The molecule has 0 heterocycles. The minimum absolute atomic E-state index is 0.142. The molecule has 4 rings (SSSR count). The van der Waals surface area contributed by atoms with Gasteiger partial charge in [-0.3, -0.25) is 4.79 Å². The van der Waals surface area contributed by atoms with Gasteiger partial charge in [0.05, 0.1) is 17.6 Å². The molecular formula is C24H18N2O3. The first-order valence-corrected chi connectivity index (χ1v) is 9.29. The number of nitrogens with zero attached hydrogens (tertiary/aromatic N) is 1. The summed E-state index contributed by atoms with van der Waals surface area (Å²) in [4.78, 5) is 25.0. The van der Waals surface area contributed by atoms with E-state index in [0.717, 1.165) is 27.8 Å². The summed E-state index contributed by atoms with van der Waals surface area (Å²) in [5, 5.41) is 21.3. The number of hydrogen-bond donors (Lipinski definition) is 2. The number of carboxylic acids is 1. The van der Waals surface area contributed by atoms with Gasteiger partial charge < -0.3 is 10.4 Å². The Morgan fingerprint density at radius 2 is 1.48 bits per heavy atom. The Balaban J connectivity index is 1.60. The summed E-state index contributed by atoms with van der Waals surface area (Å²) in [6, 6.07) is 23.1. The molecule has 142 valence electrons. The Kier molecular flexibility index (Phi) is 4.84. The highest BCUT2D eigenvalue weighted by atomic mass is 16.4. The minimum atomic E-state index is -1.10. The zero-order valence-electron chi connectivity index (χ0n) is 15.5. The molecule has 1 aliphatic rings. The number of carboxylic acid groups (broad SMARTS) is 1. The molecule has 29 heavy (non-hydrogen) atoms. The fraction of sp³-hybridized carbons (Fsp3) is 0.125. The van der Waals surface area contributed by atoms with Crippen molar-refractivity contribution in [2.75, 3.05) is 0 Å². The number of nitrogens with one attached hydrogen (secondary N) is 1. The van der Waals surface area contributed by atoms with Gasteiger partial charge in [-0.25, -0.2) is 4.79 Å². The van der Waals surface area contributed by atoms with Crippen LogP contribution in [0.4, 0.5) is 0 Å². The van der Waals surface area contributed by atoms with Crippen molar-refractivity contribution < 1.29 is 14.7 Å². The maximum absolute atomic E-state index is 13.2. The number of nitriles is 1. The van der Waals surface area contributed by atoms with Crippen molar-refractivity contribution in [3.63, 3.8) is 0 Å². The van der Waals surface area contributed by atoms with Gasteiger partial charge in [0, 0.05) is 6.42 Å². The van der Waals surface area contributed by atoms with Gasteiger partial charge in [-0.1, -0.05) is 60.7 Å². The molecule has 5 nitrogen and oxygen atoms in total. The van der Waals surface area contributed by atoms with Gasteiger partial charge in [-0.05, 0) is 39.9 Å². The van der Waals surface area contributed by atoms with Crippen molar-refractivity contribution in [2.24, 2.45) is 0 Å². The second-order valence-corrected chi connectivity index (χ2v) is 7.02. The van der Waals surface area contributed by atoms with E-state index in [0.29, 0.717) is 5.56 Å². The van der Waals surface area contributed by atoms with Gasteiger partial charge in [-0.15, -0.1) is 0 Å². The van der Waals surface area contributed by atoms with Gasteiger partial charge >= 0.3 is 5.97 Å². The molecule has 1 atom stereocenters. The fourth-order valence-electron chi connectivity index (χ4n) is 3.84. The van der Waals surface area contributed by atoms with Crippen LogP contribution in [0.25, 0.3) is 11.1 Å². The Morgan fingerprint density at radius 3 is 2.00 bits per heavy atom. The van der Waals surface area contributed by atoms with Crippen LogP contribution in [0.3, 0.4) is 0 Å². The van der Waals surface area contributed by atoms with Crippen molar-refractivity contribution in [3.8, 4) is 17.2 Å². The average Bonchev–Trinajstić information content (AvgIpc) is 3.08. The SMILES string of the molecule is N#Cc1ccc(C[C@H](NC(=O)C2c3ccccc3-c3ccccc32)C(=O)O)cc1. The van der Waals surface area contributed by atoms with E-state index < -0.39 is 17.9 Å². The summed E-state index contributed by atoms with van der Waals surface area (Å²) in [5.41, 5.74) is 5.01. The number of fused-ring (bicyclic) bond motifs is 3. The highest BCUT2D eigenvalue weighted by Gasteiger charge is 2.35. The number of hydrogen-bond acceptors (Lipinski definition) is 3. The molecule has 0 aliphatic heterocycles. The van der Waals surface area contributed by atoms with Crippen molar-refractivity contribution in [3.05, 3.63) is 95.1 Å². The third kappa shape index (κ3) is 3.48. The van der Waals surface area contributed by atoms with Crippen LogP contribution in [-0.4, -0.2) is 23.0 Å². The number of benzene rings is 3. The molecule has 0 radical (unpaired) electrons. The summed E-state index contributed by atoms with van der Waals surface area (Å²) in [6.45, 7) is 0. The van der Waals surface area contributed by atoms with Crippen LogP contribution >= 0.6 is 0 Å². The minimum Gasteiger partial charge on any atom is -0.480 e. The molecule has 0 unspecified atom stereocenters. The van der Waals surface area contributed by atoms with Gasteiger partial charge in [0.15, 0.2) is 0 Å². The molecule has 0 aromatic heterocycles. The van der Waals surface area contributed by atoms with Crippen molar-refractivity contribution in [1.29, 1.82) is 5.26 Å². The fourth-order valence-corrected chi connectivity index (χ4v) is 3.84. The Morgan fingerprint density at radius 1 is 0.931 bits per heavy atom. The molecule has 2 N–H and O–H groups in total. The van der Waals surface area contributed by atoms with Crippen LogP contribution in [-0.2, 0) is 16.0 Å². The highest BCUT2D eigenvalue weighted by Crippen LogP contribution is 2.44. The van der Waals surface area contributed by atoms with E-state index in [4.69, 9.17) is 5.26 Å². The topological polar surface area (TPSA) is 90.2 Å². The lowest BCUT2D eigenvalue weighted by Gasteiger charge is -2.19. The van der Waals surface area contributed by atoms with Crippen LogP contribution in [0, 0.1) is 11.3 Å². The Labute approximate surface area is 168 Å². The molecule has 1 amide bonds. The quantitative estimate of drug-likeness (QED) is 0.707. The van der Waals surface area contributed by atoms with Gasteiger partial charge in [-0.2, -0.15) is 5.26 Å². The third-order valence-electron chi connectivity index (χ3n) is 5.23. The van der Waals surface area contributed by atoms with E-state index in [1.807, 2.05) is 54.6 Å². The highest BCUT2D eigenvalue weighted by molar-refractivity contribution is 5.97. The molecule has 5 heteroatoms. The molecule has 3 aromatic rings. The Hall–Kier alpha value is -3.91. The van der Waals surface area contributed by atoms with E-state index in [9.17, 15) is 14.7 Å². The largest absolute Gasteiger partial charge is 0.480 e. The van der Waals surface area contributed by atoms with Crippen LogP contribution in [0.2, 0.25) is 0 Å². The van der Waals surface area contributed by atoms with Gasteiger partial charge in [0.2, 0.25) is 5.91 Å². The zero-order valence-corrected chi connectivity index (χ0v) is 15.5. The molecule has 0 spiro atoms. The van der Waals surface area contributed by atoms with E-state index >= 15 is 0 Å². The molecule has 0 fully saturated rings. The molecule has 3 aromatic carbocycles. The van der Waals surface area contributed by atoms with Gasteiger partial charge in [0.1, 0.15) is 6.04 Å². The number of carbonyl (C=O) groups is 2. The first-order valence-electron chi connectivity index (χ1n) is 9.29. The van der Waals surface area contributed by atoms with Crippen LogP contribution in [0.15, 0.2) is 72.8 Å². The molecular weight excluding hydrogens is 364 g/mol. The third-order valence-corrected chi connectivity index (χ3v) is 5.23. The second-order valence-electron chi connectivity index (χ2n) is 7.02. The summed E-state index contributed by atoms with van der Waals surface area (Å²) < 4.78 is 0. The predicted octanol–water partition coefficient (Wildman–Crippen LogP) is 3.48. The van der Waals surface area contributed by atoms with Crippen LogP contribution in [0.5, 0.6) is 0 Å². The zero-order chi connectivity index (χ0) is 20.4. The van der Waals surface area contributed by atoms with Crippen molar-refractivity contribution in [2.45, 2.75) is 18.4 Å².